The fourth-order valence-electron chi connectivity index (χ4n) is 3.95. The summed E-state index contributed by atoms with van der Waals surface area (Å²) in [6.45, 7) is 9.83. The number of carbonyl (C=O) groups excluding carboxylic acids is 5. The molecule has 0 radical (unpaired) electrons. The van der Waals surface area contributed by atoms with Crippen LogP contribution >= 0.6 is 0 Å². The number of hydrogen-bond acceptors (Lipinski definition) is 8. The quantitative estimate of drug-likeness (QED) is 0.280. The second-order valence-corrected chi connectivity index (χ2v) is 11.1. The Labute approximate surface area is 223 Å². The lowest BCUT2D eigenvalue weighted by atomic mass is 10.1. The van der Waals surface area contributed by atoms with E-state index in [4.69, 9.17) is 14.2 Å². The number of likely N-dealkylation sites (tertiary alicyclic amines) is 1. The summed E-state index contributed by atoms with van der Waals surface area (Å²) >= 11 is 0. The van der Waals surface area contributed by atoms with E-state index >= 15 is 0 Å². The Morgan fingerprint density at radius 2 is 1.61 bits per heavy atom. The molecule has 11 nitrogen and oxygen atoms in total. The standard InChI is InChI=1S/C27H39N3O8/c1-26(2,3)37-23(33)21-13-12-19(14-15-31)30(21)22(32)20(29-25(35)38-27(4,5)6)16-28-24(34)36-17-18-10-8-7-9-11-18/h7-11,15,19-21H,12-14,16-17H2,1-6H3,(H,28,34)(H,29,35)/t19-,20+,21+/m1/s1. The summed E-state index contributed by atoms with van der Waals surface area (Å²) in [5.41, 5.74) is -0.852. The molecule has 0 spiro atoms. The molecule has 2 N–H and O–H groups in total. The zero-order chi connectivity index (χ0) is 28.5. The van der Waals surface area contributed by atoms with Crippen LogP contribution in [0.25, 0.3) is 0 Å². The number of amides is 3. The zero-order valence-electron chi connectivity index (χ0n) is 22.9. The largest absolute Gasteiger partial charge is 0.458 e. The normalized spacial score (nSPS) is 18.2. The summed E-state index contributed by atoms with van der Waals surface area (Å²) in [4.78, 5) is 64.2. The number of esters is 1. The number of nitrogens with one attached hydrogen (secondary N) is 2. The lowest BCUT2D eigenvalue weighted by Gasteiger charge is -2.33. The molecule has 1 heterocycles. The predicted octanol–water partition coefficient (Wildman–Crippen LogP) is 3.10. The van der Waals surface area contributed by atoms with Crippen molar-refractivity contribution in [2.45, 2.75) is 96.7 Å². The number of rotatable bonds is 9. The van der Waals surface area contributed by atoms with E-state index in [1.54, 1.807) is 53.7 Å². The lowest BCUT2D eigenvalue weighted by molar-refractivity contribution is -0.164. The van der Waals surface area contributed by atoms with Crippen molar-refractivity contribution in [2.75, 3.05) is 6.54 Å². The van der Waals surface area contributed by atoms with Crippen molar-refractivity contribution in [2.24, 2.45) is 0 Å². The number of benzene rings is 1. The molecule has 1 aliphatic heterocycles. The first-order valence-corrected chi connectivity index (χ1v) is 12.6. The van der Waals surface area contributed by atoms with E-state index in [1.807, 2.05) is 18.2 Å². The Balaban J connectivity index is 2.21. The van der Waals surface area contributed by atoms with E-state index in [9.17, 15) is 24.0 Å². The first-order chi connectivity index (χ1) is 17.7. The zero-order valence-corrected chi connectivity index (χ0v) is 22.9. The number of hydrogen-bond donors (Lipinski definition) is 2. The van der Waals surface area contributed by atoms with Crippen LogP contribution in [0.3, 0.4) is 0 Å². The molecule has 210 valence electrons. The van der Waals surface area contributed by atoms with Gasteiger partial charge in [-0.25, -0.2) is 14.4 Å². The summed E-state index contributed by atoms with van der Waals surface area (Å²) in [5.74, 6) is -1.26. The van der Waals surface area contributed by atoms with Crippen molar-refractivity contribution >= 4 is 30.3 Å². The fourth-order valence-corrected chi connectivity index (χ4v) is 3.95. The molecule has 0 unspecified atom stereocenters. The van der Waals surface area contributed by atoms with Crippen molar-refractivity contribution in [3.63, 3.8) is 0 Å². The number of carbonyl (C=O) groups is 5. The van der Waals surface area contributed by atoms with E-state index in [2.05, 4.69) is 10.6 Å². The molecule has 1 fully saturated rings. The molecule has 38 heavy (non-hydrogen) atoms. The summed E-state index contributed by atoms with van der Waals surface area (Å²) in [7, 11) is 0. The smallest absolute Gasteiger partial charge is 0.408 e. The van der Waals surface area contributed by atoms with Gasteiger partial charge in [-0.1, -0.05) is 30.3 Å². The van der Waals surface area contributed by atoms with Gasteiger partial charge in [-0.3, -0.25) is 4.79 Å². The molecule has 0 saturated carbocycles. The molecule has 1 aliphatic rings. The van der Waals surface area contributed by atoms with E-state index < -0.39 is 53.4 Å². The summed E-state index contributed by atoms with van der Waals surface area (Å²) in [6, 6.07) is 6.23. The van der Waals surface area contributed by atoms with Crippen molar-refractivity contribution in [1.82, 2.24) is 15.5 Å². The highest BCUT2D eigenvalue weighted by atomic mass is 16.6. The first kappa shape index (κ1) is 30.6. The number of aldehydes is 1. The molecule has 0 aromatic heterocycles. The van der Waals surface area contributed by atoms with Crippen molar-refractivity contribution in [3.05, 3.63) is 35.9 Å². The third kappa shape index (κ3) is 10.0. The third-order valence-electron chi connectivity index (χ3n) is 5.46. The van der Waals surface area contributed by atoms with Gasteiger partial charge in [0.2, 0.25) is 5.91 Å². The van der Waals surface area contributed by atoms with Crippen LogP contribution in [0, 0.1) is 0 Å². The monoisotopic (exact) mass is 533 g/mol. The van der Waals surface area contributed by atoms with Gasteiger partial charge in [-0.2, -0.15) is 0 Å². The maximum absolute atomic E-state index is 13.7. The SMILES string of the molecule is CC(C)(C)OC(=O)N[C@@H](CNC(=O)OCc1ccccc1)C(=O)N1[C@@H](CC=O)CC[C@H]1C(=O)OC(C)(C)C. The van der Waals surface area contributed by atoms with E-state index in [-0.39, 0.29) is 19.6 Å². The second-order valence-electron chi connectivity index (χ2n) is 11.1. The average molecular weight is 534 g/mol. The van der Waals surface area contributed by atoms with Gasteiger partial charge in [-0.05, 0) is 59.9 Å². The predicted molar refractivity (Wildman–Crippen MR) is 138 cm³/mol. The topological polar surface area (TPSA) is 140 Å². The highest BCUT2D eigenvalue weighted by Crippen LogP contribution is 2.29. The van der Waals surface area contributed by atoms with Crippen molar-refractivity contribution < 1.29 is 38.2 Å². The first-order valence-electron chi connectivity index (χ1n) is 12.6. The molecule has 0 aliphatic carbocycles. The highest BCUT2D eigenvalue weighted by Gasteiger charge is 2.45. The van der Waals surface area contributed by atoms with Gasteiger partial charge in [-0.15, -0.1) is 0 Å². The maximum atomic E-state index is 13.7. The molecule has 2 rings (SSSR count). The van der Waals surface area contributed by atoms with Crippen LogP contribution in [0.5, 0.6) is 0 Å². The Hall–Kier alpha value is -3.63. The van der Waals surface area contributed by atoms with Crippen molar-refractivity contribution in [3.8, 4) is 0 Å². The Morgan fingerprint density at radius 3 is 2.18 bits per heavy atom. The molecule has 1 saturated heterocycles. The minimum atomic E-state index is -1.30. The minimum Gasteiger partial charge on any atom is -0.458 e. The van der Waals surface area contributed by atoms with Crippen LogP contribution in [0.2, 0.25) is 0 Å². The minimum absolute atomic E-state index is 0.0107. The maximum Gasteiger partial charge on any atom is 0.408 e. The van der Waals surface area contributed by atoms with E-state index in [1.165, 1.54) is 4.90 Å². The summed E-state index contributed by atoms with van der Waals surface area (Å²) in [5, 5.41) is 4.98. The van der Waals surface area contributed by atoms with E-state index in [0.29, 0.717) is 19.1 Å². The van der Waals surface area contributed by atoms with Crippen LogP contribution < -0.4 is 10.6 Å². The summed E-state index contributed by atoms with van der Waals surface area (Å²) < 4.78 is 16.0. The van der Waals surface area contributed by atoms with Crippen LogP contribution in [0.15, 0.2) is 30.3 Å². The van der Waals surface area contributed by atoms with Gasteiger partial charge in [0.25, 0.3) is 0 Å². The van der Waals surface area contributed by atoms with Crippen LogP contribution in [-0.2, 0) is 35.2 Å². The fraction of sp³-hybridized carbons (Fsp3) is 0.593. The Bertz CT molecular complexity index is 984. The highest BCUT2D eigenvalue weighted by molar-refractivity contribution is 5.91. The third-order valence-corrected chi connectivity index (χ3v) is 5.46. The van der Waals surface area contributed by atoms with Crippen LogP contribution in [-0.4, -0.2) is 71.1 Å². The van der Waals surface area contributed by atoms with E-state index in [0.717, 1.165) is 5.56 Å². The Morgan fingerprint density at radius 1 is 0.974 bits per heavy atom. The number of nitrogens with zero attached hydrogens (tertiary/aromatic N) is 1. The Kier molecular flexibility index (Phi) is 10.7. The van der Waals surface area contributed by atoms with Gasteiger partial charge in [0.1, 0.15) is 36.2 Å². The van der Waals surface area contributed by atoms with Crippen LogP contribution in [0.1, 0.15) is 66.4 Å². The lowest BCUT2D eigenvalue weighted by Crippen LogP contribution is -2.58. The van der Waals surface area contributed by atoms with Gasteiger partial charge < -0.3 is 34.5 Å². The van der Waals surface area contributed by atoms with Gasteiger partial charge in [0.15, 0.2) is 0 Å². The molecule has 0 bridgehead atoms. The van der Waals surface area contributed by atoms with Crippen molar-refractivity contribution in [1.29, 1.82) is 0 Å². The molecular weight excluding hydrogens is 494 g/mol. The number of ether oxygens (including phenoxy) is 3. The van der Waals surface area contributed by atoms with Gasteiger partial charge in [0.05, 0.1) is 6.54 Å². The molecule has 3 amide bonds. The molecular formula is C27H39N3O8. The molecule has 11 heteroatoms. The molecule has 3 atom stereocenters. The molecule has 1 aromatic carbocycles. The van der Waals surface area contributed by atoms with Crippen LogP contribution in [0.4, 0.5) is 9.59 Å². The number of alkyl carbamates (subject to hydrolysis) is 2. The molecule has 1 aromatic rings. The average Bonchev–Trinajstić information content (AvgIpc) is 3.22. The van der Waals surface area contributed by atoms with Gasteiger partial charge in [0, 0.05) is 12.5 Å². The summed E-state index contributed by atoms with van der Waals surface area (Å²) in [6.07, 6.45) is -0.290. The second kappa shape index (κ2) is 13.3. The van der Waals surface area contributed by atoms with Gasteiger partial charge >= 0.3 is 18.2 Å².